The molecule has 0 aromatic carbocycles. The zero-order chi connectivity index (χ0) is 12.3. The second-order valence-corrected chi connectivity index (χ2v) is 5.61. The van der Waals surface area contributed by atoms with Gasteiger partial charge < -0.3 is 10.6 Å². The summed E-state index contributed by atoms with van der Waals surface area (Å²) in [6.07, 6.45) is 4.98. The minimum absolute atomic E-state index is 0.0684. The number of nitrogens with one attached hydrogen (secondary N) is 1. The molecule has 0 amide bonds. The molecule has 4 nitrogen and oxygen atoms in total. The number of nitrogen functional groups attached to an aromatic ring is 1. The van der Waals surface area contributed by atoms with Gasteiger partial charge in [-0.05, 0) is 26.3 Å². The minimum Gasteiger partial charge on any atom is -0.382 e. The third-order valence-corrected chi connectivity index (χ3v) is 4.29. The van der Waals surface area contributed by atoms with Gasteiger partial charge in [-0.2, -0.15) is 0 Å². The van der Waals surface area contributed by atoms with E-state index in [2.05, 4.69) is 16.8 Å². The van der Waals surface area contributed by atoms with E-state index in [1.807, 2.05) is 5.38 Å². The van der Waals surface area contributed by atoms with Crippen molar-refractivity contribution >= 4 is 17.2 Å². The van der Waals surface area contributed by atoms with Crippen LogP contribution in [0.4, 0.5) is 0 Å². The lowest BCUT2D eigenvalue weighted by molar-refractivity contribution is 0.163. The highest BCUT2D eigenvalue weighted by atomic mass is 32.1. The van der Waals surface area contributed by atoms with Crippen molar-refractivity contribution in [2.24, 2.45) is 5.73 Å². The number of piperidine rings is 1. The largest absolute Gasteiger partial charge is 0.382 e. The number of hydrogen-bond donors (Lipinski definition) is 2. The summed E-state index contributed by atoms with van der Waals surface area (Å²) in [6, 6.07) is 0.705. The molecule has 1 atom stereocenters. The van der Waals surface area contributed by atoms with Crippen LogP contribution in [0, 0.1) is 5.41 Å². The Hall–Kier alpha value is -0.940. The molecule has 3 N–H and O–H groups in total. The molecule has 0 bridgehead atoms. The van der Waals surface area contributed by atoms with E-state index in [1.54, 1.807) is 11.3 Å². The first-order valence-corrected chi connectivity index (χ1v) is 7.07. The summed E-state index contributed by atoms with van der Waals surface area (Å²) in [4.78, 5) is 6.90. The molecule has 1 aliphatic rings. The van der Waals surface area contributed by atoms with E-state index in [4.69, 9.17) is 11.1 Å². The molecule has 2 heterocycles. The Bertz CT molecular complexity index is 388. The van der Waals surface area contributed by atoms with Crippen LogP contribution in [0.15, 0.2) is 5.38 Å². The summed E-state index contributed by atoms with van der Waals surface area (Å²) in [5.74, 6) is 0.0684. The van der Waals surface area contributed by atoms with Crippen LogP contribution in [0.2, 0.25) is 0 Å². The third kappa shape index (κ3) is 3.26. The van der Waals surface area contributed by atoms with E-state index in [-0.39, 0.29) is 5.84 Å². The highest BCUT2D eigenvalue weighted by Gasteiger charge is 2.18. The molecule has 2 rings (SSSR count). The molecule has 0 aliphatic carbocycles. The number of aromatic nitrogens is 1. The topological polar surface area (TPSA) is 66.0 Å². The molecular weight excluding hydrogens is 232 g/mol. The maximum atomic E-state index is 7.32. The van der Waals surface area contributed by atoms with Crippen molar-refractivity contribution in [1.82, 2.24) is 9.88 Å². The lowest BCUT2D eigenvalue weighted by atomic mass is 10.0. The number of amidine groups is 1. The van der Waals surface area contributed by atoms with Crippen LogP contribution in [0.5, 0.6) is 0 Å². The number of hydrogen-bond acceptors (Lipinski definition) is 4. The standard InChI is InChI=1S/C12H20N4S/c1-9-4-2-3-6-16(9)7-5-11-15-10(8-17-11)12(13)14/h8-9H,2-7H2,1H3,(H3,13,14). The molecular formula is C12H20N4S. The highest BCUT2D eigenvalue weighted by molar-refractivity contribution is 7.09. The van der Waals surface area contributed by atoms with Gasteiger partial charge in [0.15, 0.2) is 0 Å². The van der Waals surface area contributed by atoms with Crippen molar-refractivity contribution in [3.8, 4) is 0 Å². The molecule has 0 radical (unpaired) electrons. The summed E-state index contributed by atoms with van der Waals surface area (Å²) < 4.78 is 0. The van der Waals surface area contributed by atoms with Crippen LogP contribution in [0.3, 0.4) is 0 Å². The summed E-state index contributed by atoms with van der Waals surface area (Å²) >= 11 is 1.61. The molecule has 0 spiro atoms. The predicted octanol–water partition coefficient (Wildman–Crippen LogP) is 1.84. The average molecular weight is 252 g/mol. The Morgan fingerprint density at radius 1 is 1.65 bits per heavy atom. The molecule has 94 valence electrons. The second kappa shape index (κ2) is 5.60. The summed E-state index contributed by atoms with van der Waals surface area (Å²) in [5, 5.41) is 10.3. The van der Waals surface area contributed by atoms with E-state index in [1.165, 1.54) is 25.8 Å². The third-order valence-electron chi connectivity index (χ3n) is 3.38. The summed E-state index contributed by atoms with van der Waals surface area (Å²) in [7, 11) is 0. The Balaban J connectivity index is 1.86. The van der Waals surface area contributed by atoms with E-state index < -0.39 is 0 Å². The van der Waals surface area contributed by atoms with E-state index in [0.29, 0.717) is 11.7 Å². The normalized spacial score (nSPS) is 21.6. The maximum Gasteiger partial charge on any atom is 0.142 e. The lowest BCUT2D eigenvalue weighted by Crippen LogP contribution is -2.38. The number of rotatable bonds is 4. The average Bonchev–Trinajstić information content (AvgIpc) is 2.77. The van der Waals surface area contributed by atoms with Crippen molar-refractivity contribution in [2.75, 3.05) is 13.1 Å². The predicted molar refractivity (Wildman–Crippen MR) is 71.7 cm³/mol. The Morgan fingerprint density at radius 3 is 3.12 bits per heavy atom. The monoisotopic (exact) mass is 252 g/mol. The fourth-order valence-electron chi connectivity index (χ4n) is 2.28. The fourth-order valence-corrected chi connectivity index (χ4v) is 3.07. The molecule has 0 saturated carbocycles. The van der Waals surface area contributed by atoms with Gasteiger partial charge in [0.2, 0.25) is 0 Å². The molecule has 1 fully saturated rings. The highest BCUT2D eigenvalue weighted by Crippen LogP contribution is 2.17. The first-order valence-electron chi connectivity index (χ1n) is 6.19. The molecule has 1 saturated heterocycles. The Morgan fingerprint density at radius 2 is 2.47 bits per heavy atom. The van der Waals surface area contributed by atoms with Crippen LogP contribution in [-0.4, -0.2) is 34.9 Å². The minimum atomic E-state index is 0.0684. The fraction of sp³-hybridized carbons (Fsp3) is 0.667. The van der Waals surface area contributed by atoms with Gasteiger partial charge in [0.1, 0.15) is 11.5 Å². The van der Waals surface area contributed by atoms with Gasteiger partial charge in [-0.3, -0.25) is 5.41 Å². The van der Waals surface area contributed by atoms with Gasteiger partial charge in [-0.15, -0.1) is 11.3 Å². The smallest absolute Gasteiger partial charge is 0.142 e. The van der Waals surface area contributed by atoms with Crippen LogP contribution in [-0.2, 0) is 6.42 Å². The SMILES string of the molecule is CC1CCCCN1CCc1nc(C(=N)N)cs1. The maximum absolute atomic E-state index is 7.32. The van der Waals surface area contributed by atoms with Gasteiger partial charge in [0.25, 0.3) is 0 Å². The van der Waals surface area contributed by atoms with Crippen molar-refractivity contribution in [1.29, 1.82) is 5.41 Å². The van der Waals surface area contributed by atoms with E-state index in [0.717, 1.165) is 18.0 Å². The Labute approximate surface area is 106 Å². The quantitative estimate of drug-likeness (QED) is 0.635. The van der Waals surface area contributed by atoms with Gasteiger partial charge in [0.05, 0.1) is 5.01 Å². The van der Waals surface area contributed by atoms with Crippen molar-refractivity contribution in [2.45, 2.75) is 38.6 Å². The lowest BCUT2D eigenvalue weighted by Gasteiger charge is -2.32. The molecule has 17 heavy (non-hydrogen) atoms. The first-order chi connectivity index (χ1) is 8.16. The van der Waals surface area contributed by atoms with Gasteiger partial charge in [0, 0.05) is 24.4 Å². The molecule has 1 aliphatic heterocycles. The van der Waals surface area contributed by atoms with Crippen LogP contribution in [0.1, 0.15) is 36.9 Å². The second-order valence-electron chi connectivity index (χ2n) is 4.67. The number of nitrogens with zero attached hydrogens (tertiary/aromatic N) is 2. The van der Waals surface area contributed by atoms with Crippen LogP contribution in [0.25, 0.3) is 0 Å². The van der Waals surface area contributed by atoms with Gasteiger partial charge in [-0.25, -0.2) is 4.98 Å². The zero-order valence-electron chi connectivity index (χ0n) is 10.3. The van der Waals surface area contributed by atoms with Crippen LogP contribution >= 0.6 is 11.3 Å². The van der Waals surface area contributed by atoms with Crippen LogP contribution < -0.4 is 5.73 Å². The number of likely N-dealkylation sites (tertiary alicyclic amines) is 1. The molecule has 1 aromatic rings. The van der Waals surface area contributed by atoms with E-state index in [9.17, 15) is 0 Å². The zero-order valence-corrected chi connectivity index (χ0v) is 11.1. The van der Waals surface area contributed by atoms with Crippen molar-refractivity contribution in [3.05, 3.63) is 16.1 Å². The summed E-state index contributed by atoms with van der Waals surface area (Å²) in [5.41, 5.74) is 6.03. The van der Waals surface area contributed by atoms with E-state index >= 15 is 0 Å². The molecule has 1 aromatic heterocycles. The number of nitrogens with two attached hydrogens (primary N) is 1. The Kier molecular flexibility index (Phi) is 4.12. The number of thiazole rings is 1. The van der Waals surface area contributed by atoms with Gasteiger partial charge in [-0.1, -0.05) is 6.42 Å². The van der Waals surface area contributed by atoms with Crippen molar-refractivity contribution < 1.29 is 0 Å². The molecule has 1 unspecified atom stereocenters. The van der Waals surface area contributed by atoms with Crippen molar-refractivity contribution in [3.63, 3.8) is 0 Å². The molecule has 5 heteroatoms. The first kappa shape index (κ1) is 12.5. The van der Waals surface area contributed by atoms with Gasteiger partial charge >= 0.3 is 0 Å². The summed E-state index contributed by atoms with van der Waals surface area (Å²) in [6.45, 7) is 4.60.